The number of aryl methyl sites for hydroxylation is 1. The molecule has 16 heavy (non-hydrogen) atoms. The van der Waals surface area contributed by atoms with Crippen LogP contribution in [0, 0.1) is 0 Å². The molecule has 0 spiro atoms. The van der Waals surface area contributed by atoms with Crippen LogP contribution in [0.5, 0.6) is 0 Å². The van der Waals surface area contributed by atoms with Crippen molar-refractivity contribution in [3.63, 3.8) is 0 Å². The largest absolute Gasteiger partial charge is 0.347 e. The Labute approximate surface area is 100.0 Å². The summed E-state index contributed by atoms with van der Waals surface area (Å²) in [5, 5.41) is 2.08. The van der Waals surface area contributed by atoms with Crippen molar-refractivity contribution in [2.75, 3.05) is 0 Å². The first kappa shape index (κ1) is 10.2. The number of nitrogens with zero attached hydrogens (tertiary/aromatic N) is 1. The number of fused-ring (bicyclic) bond motifs is 3. The summed E-state index contributed by atoms with van der Waals surface area (Å²) in [6.07, 6.45) is 3.15. The van der Waals surface area contributed by atoms with E-state index in [0.717, 1.165) is 24.3 Å². The summed E-state index contributed by atoms with van der Waals surface area (Å²) in [5.41, 5.74) is 10.1. The summed E-state index contributed by atoms with van der Waals surface area (Å²) < 4.78 is 2.28. The second-order valence-electron chi connectivity index (χ2n) is 4.65. The first-order valence-electron chi connectivity index (χ1n) is 5.68. The highest BCUT2D eigenvalue weighted by Gasteiger charge is 2.22. The molecule has 1 aromatic carbocycles. The predicted octanol–water partition coefficient (Wildman–Crippen LogP) is 2.65. The Hall–Kier alpha value is -0.990. The molecule has 1 aromatic heterocycles. The van der Waals surface area contributed by atoms with Gasteiger partial charge in [-0.3, -0.25) is 0 Å². The van der Waals surface area contributed by atoms with Gasteiger partial charge in [-0.15, -0.1) is 0 Å². The van der Waals surface area contributed by atoms with Gasteiger partial charge in [-0.05, 0) is 43.0 Å². The first-order chi connectivity index (χ1) is 7.66. The fourth-order valence-electron chi connectivity index (χ4n) is 2.78. The Morgan fingerprint density at radius 2 is 2.25 bits per heavy atom. The second kappa shape index (κ2) is 3.51. The molecule has 2 N–H and O–H groups in total. The van der Waals surface area contributed by atoms with Crippen LogP contribution < -0.4 is 5.73 Å². The summed E-state index contributed by atoms with van der Waals surface area (Å²) in [6.45, 7) is 0. The average molecular weight is 235 g/mol. The van der Waals surface area contributed by atoms with Crippen LogP contribution >= 0.6 is 11.6 Å². The minimum absolute atomic E-state index is 0.303. The molecule has 2 nitrogen and oxygen atoms in total. The molecule has 0 radical (unpaired) electrons. The molecule has 0 fully saturated rings. The van der Waals surface area contributed by atoms with E-state index in [0.29, 0.717) is 6.04 Å². The Kier molecular flexibility index (Phi) is 2.23. The van der Waals surface area contributed by atoms with Gasteiger partial charge in [-0.1, -0.05) is 11.6 Å². The lowest BCUT2D eigenvalue weighted by molar-refractivity contribution is 0.562. The zero-order valence-electron chi connectivity index (χ0n) is 9.33. The lowest BCUT2D eigenvalue weighted by Gasteiger charge is -2.19. The lowest BCUT2D eigenvalue weighted by Crippen LogP contribution is -2.28. The summed E-state index contributed by atoms with van der Waals surface area (Å²) in [5.74, 6) is 0. The van der Waals surface area contributed by atoms with Gasteiger partial charge in [0.1, 0.15) is 0 Å². The molecular weight excluding hydrogens is 220 g/mol. The summed E-state index contributed by atoms with van der Waals surface area (Å²) in [4.78, 5) is 0. The van der Waals surface area contributed by atoms with E-state index in [4.69, 9.17) is 17.3 Å². The number of rotatable bonds is 0. The zero-order chi connectivity index (χ0) is 11.3. The van der Waals surface area contributed by atoms with Crippen LogP contribution in [0.15, 0.2) is 18.2 Å². The van der Waals surface area contributed by atoms with Gasteiger partial charge in [0.15, 0.2) is 0 Å². The maximum atomic E-state index is 6.07. The molecule has 2 aromatic rings. The molecule has 3 heteroatoms. The van der Waals surface area contributed by atoms with Gasteiger partial charge in [-0.2, -0.15) is 0 Å². The molecule has 0 aliphatic heterocycles. The van der Waals surface area contributed by atoms with Crippen molar-refractivity contribution < 1.29 is 0 Å². The van der Waals surface area contributed by atoms with Crippen molar-refractivity contribution in [2.45, 2.75) is 25.3 Å². The molecule has 0 saturated carbocycles. The van der Waals surface area contributed by atoms with Crippen LogP contribution in [-0.4, -0.2) is 10.6 Å². The van der Waals surface area contributed by atoms with Gasteiger partial charge >= 0.3 is 0 Å². The average Bonchev–Trinajstić information content (AvgIpc) is 2.52. The topological polar surface area (TPSA) is 30.9 Å². The van der Waals surface area contributed by atoms with Crippen LogP contribution in [0.1, 0.15) is 17.7 Å². The third-order valence-electron chi connectivity index (χ3n) is 3.62. The molecule has 1 atom stereocenters. The van der Waals surface area contributed by atoms with E-state index in [9.17, 15) is 0 Å². The van der Waals surface area contributed by atoms with Crippen molar-refractivity contribution >= 4 is 22.5 Å². The molecule has 0 amide bonds. The quantitative estimate of drug-likeness (QED) is 0.747. The third kappa shape index (κ3) is 1.37. The Morgan fingerprint density at radius 3 is 3.06 bits per heavy atom. The molecule has 1 aliphatic rings. The molecule has 84 valence electrons. The smallest absolute Gasteiger partial charge is 0.0483 e. The van der Waals surface area contributed by atoms with Gasteiger partial charge < -0.3 is 10.3 Å². The SMILES string of the molecule is Cn1c2c(c3cc(Cl)ccc31)CC(N)CC2. The van der Waals surface area contributed by atoms with Gasteiger partial charge in [0.2, 0.25) is 0 Å². The number of nitrogens with two attached hydrogens (primary N) is 1. The van der Waals surface area contributed by atoms with E-state index >= 15 is 0 Å². The number of halogens is 1. The molecule has 3 rings (SSSR count). The summed E-state index contributed by atoms with van der Waals surface area (Å²) in [6, 6.07) is 6.42. The number of aromatic nitrogens is 1. The minimum Gasteiger partial charge on any atom is -0.347 e. The van der Waals surface area contributed by atoms with Crippen LogP contribution in [0.2, 0.25) is 5.02 Å². The number of hydrogen-bond acceptors (Lipinski definition) is 1. The van der Waals surface area contributed by atoms with E-state index < -0.39 is 0 Å². The van der Waals surface area contributed by atoms with E-state index in [1.54, 1.807) is 0 Å². The van der Waals surface area contributed by atoms with Gasteiger partial charge in [0.05, 0.1) is 0 Å². The van der Waals surface area contributed by atoms with Gasteiger partial charge in [-0.25, -0.2) is 0 Å². The Bertz CT molecular complexity index is 557. The highest BCUT2D eigenvalue weighted by Crippen LogP contribution is 2.32. The van der Waals surface area contributed by atoms with Crippen LogP contribution in [-0.2, 0) is 19.9 Å². The molecule has 0 bridgehead atoms. The molecule has 0 saturated heterocycles. The fraction of sp³-hybridized carbons (Fsp3) is 0.385. The van der Waals surface area contributed by atoms with Crippen molar-refractivity contribution in [1.82, 2.24) is 4.57 Å². The van der Waals surface area contributed by atoms with Crippen LogP contribution in [0.25, 0.3) is 10.9 Å². The molecular formula is C13H15ClN2. The maximum absolute atomic E-state index is 6.07. The molecule has 1 aliphatic carbocycles. The van der Waals surface area contributed by atoms with Crippen molar-refractivity contribution in [3.8, 4) is 0 Å². The summed E-state index contributed by atoms with van der Waals surface area (Å²) in [7, 11) is 2.13. The van der Waals surface area contributed by atoms with Crippen LogP contribution in [0.4, 0.5) is 0 Å². The molecule has 1 unspecified atom stereocenters. The predicted molar refractivity (Wildman–Crippen MR) is 67.9 cm³/mol. The van der Waals surface area contributed by atoms with Crippen LogP contribution in [0.3, 0.4) is 0 Å². The lowest BCUT2D eigenvalue weighted by atomic mass is 9.92. The highest BCUT2D eigenvalue weighted by atomic mass is 35.5. The fourth-order valence-corrected chi connectivity index (χ4v) is 2.95. The molecule has 1 heterocycles. The van der Waals surface area contributed by atoms with Gasteiger partial charge in [0, 0.05) is 34.7 Å². The zero-order valence-corrected chi connectivity index (χ0v) is 10.1. The van der Waals surface area contributed by atoms with Crippen molar-refractivity contribution in [3.05, 3.63) is 34.5 Å². The van der Waals surface area contributed by atoms with E-state index in [1.807, 2.05) is 6.07 Å². The minimum atomic E-state index is 0.303. The van der Waals surface area contributed by atoms with Gasteiger partial charge in [0.25, 0.3) is 0 Å². The monoisotopic (exact) mass is 234 g/mol. The van der Waals surface area contributed by atoms with E-state index in [-0.39, 0.29) is 0 Å². The summed E-state index contributed by atoms with van der Waals surface area (Å²) >= 11 is 6.07. The van der Waals surface area contributed by atoms with E-state index in [1.165, 1.54) is 22.2 Å². The highest BCUT2D eigenvalue weighted by molar-refractivity contribution is 6.31. The van der Waals surface area contributed by atoms with Crippen molar-refractivity contribution in [1.29, 1.82) is 0 Å². The first-order valence-corrected chi connectivity index (χ1v) is 6.06. The number of benzene rings is 1. The second-order valence-corrected chi connectivity index (χ2v) is 5.09. The Balaban J connectivity index is 2.33. The number of hydrogen-bond donors (Lipinski definition) is 1. The normalized spacial score (nSPS) is 20.1. The Morgan fingerprint density at radius 1 is 1.44 bits per heavy atom. The van der Waals surface area contributed by atoms with E-state index in [2.05, 4.69) is 23.7 Å². The van der Waals surface area contributed by atoms with Crippen molar-refractivity contribution in [2.24, 2.45) is 12.8 Å². The standard InChI is InChI=1S/C13H15ClN2/c1-16-12-4-2-8(14)6-10(12)11-7-9(15)3-5-13(11)16/h2,4,6,9H,3,5,7,15H2,1H3. The maximum Gasteiger partial charge on any atom is 0.0483 e. The third-order valence-corrected chi connectivity index (χ3v) is 3.85.